The summed E-state index contributed by atoms with van der Waals surface area (Å²) < 4.78 is 18.8. The number of aromatic nitrogens is 3. The van der Waals surface area contributed by atoms with Crippen molar-refractivity contribution >= 4 is 22.5 Å². The van der Waals surface area contributed by atoms with Crippen LogP contribution in [0.15, 0.2) is 36.9 Å². The van der Waals surface area contributed by atoms with Crippen LogP contribution < -0.4 is 9.64 Å². The van der Waals surface area contributed by atoms with E-state index in [-0.39, 0.29) is 11.6 Å². The van der Waals surface area contributed by atoms with Crippen LogP contribution in [0.5, 0.6) is 5.75 Å². The number of aromatic amines is 1. The topological polar surface area (TPSA) is 74.4 Å². The summed E-state index contributed by atoms with van der Waals surface area (Å²) in [5.41, 5.74) is 1.33. The number of halogens is 1. The number of benzene rings is 1. The first kappa shape index (κ1) is 18.4. The Hall–Kier alpha value is -3.00. The quantitative estimate of drug-likeness (QED) is 0.660. The summed E-state index contributed by atoms with van der Waals surface area (Å²) in [6, 6.07) is 4.45. The fraction of sp³-hybridized carbons (Fsp3) is 0.350. The zero-order valence-electron chi connectivity index (χ0n) is 15.7. The van der Waals surface area contributed by atoms with Gasteiger partial charge in [-0.15, -0.1) is 0 Å². The molecule has 0 bridgehead atoms. The van der Waals surface area contributed by atoms with Crippen LogP contribution >= 0.6 is 0 Å². The molecular formula is C20H22FN5O2. The molecule has 0 unspecified atom stereocenters. The van der Waals surface area contributed by atoms with Gasteiger partial charge in [-0.2, -0.15) is 0 Å². The van der Waals surface area contributed by atoms with E-state index < -0.39 is 0 Å². The van der Waals surface area contributed by atoms with Gasteiger partial charge in [-0.25, -0.2) is 14.4 Å². The number of rotatable bonds is 6. The number of anilines is 1. The third-order valence-corrected chi connectivity index (χ3v) is 5.15. The summed E-state index contributed by atoms with van der Waals surface area (Å²) >= 11 is 0. The largest absolute Gasteiger partial charge is 0.491 e. The molecule has 146 valence electrons. The Morgan fingerprint density at radius 2 is 2.11 bits per heavy atom. The molecule has 28 heavy (non-hydrogen) atoms. The Bertz CT molecular complexity index is 982. The van der Waals surface area contributed by atoms with E-state index in [2.05, 4.69) is 24.8 Å². The van der Waals surface area contributed by atoms with Crippen molar-refractivity contribution in [3.63, 3.8) is 0 Å². The molecule has 2 aromatic heterocycles. The minimum atomic E-state index is -0.336. The summed E-state index contributed by atoms with van der Waals surface area (Å²) in [5, 5.41) is 0.644. The molecule has 1 aliphatic rings. The summed E-state index contributed by atoms with van der Waals surface area (Å²) in [6.45, 7) is 3.96. The number of ether oxygens (including phenoxy) is 1. The van der Waals surface area contributed by atoms with E-state index in [1.54, 1.807) is 25.6 Å². The number of hydrogen-bond donors (Lipinski definition) is 1. The number of fused-ring (bicyclic) bond motifs is 1. The van der Waals surface area contributed by atoms with E-state index >= 15 is 0 Å². The van der Waals surface area contributed by atoms with E-state index in [1.807, 2.05) is 0 Å². The molecule has 0 saturated carbocycles. The normalized spacial score (nSPS) is 15.1. The SMILES string of the molecule is COc1cncnc1N1CCN(CCC(=O)c2c[nH]c3ccc(F)cc23)CC1. The number of carbonyl (C=O) groups excluding carboxylic acids is 1. The second-order valence-corrected chi connectivity index (χ2v) is 6.81. The molecule has 1 aliphatic heterocycles. The number of carbonyl (C=O) groups is 1. The van der Waals surface area contributed by atoms with Gasteiger partial charge in [0.05, 0.1) is 13.3 Å². The number of ketones is 1. The molecule has 7 nitrogen and oxygen atoms in total. The van der Waals surface area contributed by atoms with Crippen LogP contribution in [0.25, 0.3) is 10.9 Å². The van der Waals surface area contributed by atoms with Crippen LogP contribution in [0.2, 0.25) is 0 Å². The van der Waals surface area contributed by atoms with Crippen LogP contribution in [0, 0.1) is 5.82 Å². The Balaban J connectivity index is 1.34. The maximum atomic E-state index is 13.5. The van der Waals surface area contributed by atoms with E-state index in [1.165, 1.54) is 18.5 Å². The van der Waals surface area contributed by atoms with Crippen molar-refractivity contribution in [2.75, 3.05) is 44.7 Å². The minimum absolute atomic E-state index is 0.0248. The molecule has 0 radical (unpaired) electrons. The summed E-state index contributed by atoms with van der Waals surface area (Å²) in [5.74, 6) is 1.15. The molecule has 0 aliphatic carbocycles. The van der Waals surface area contributed by atoms with Gasteiger partial charge in [0.1, 0.15) is 12.1 Å². The van der Waals surface area contributed by atoms with E-state index in [0.29, 0.717) is 29.7 Å². The van der Waals surface area contributed by atoms with Crippen molar-refractivity contribution in [1.82, 2.24) is 19.9 Å². The molecule has 3 aromatic rings. The Morgan fingerprint density at radius 3 is 2.89 bits per heavy atom. The average molecular weight is 383 g/mol. The van der Waals surface area contributed by atoms with Crippen molar-refractivity contribution < 1.29 is 13.9 Å². The van der Waals surface area contributed by atoms with Crippen LogP contribution in [0.3, 0.4) is 0 Å². The first-order valence-electron chi connectivity index (χ1n) is 9.27. The van der Waals surface area contributed by atoms with Gasteiger partial charge >= 0.3 is 0 Å². The van der Waals surface area contributed by atoms with Gasteiger partial charge < -0.3 is 14.6 Å². The van der Waals surface area contributed by atoms with Crippen molar-refractivity contribution in [2.45, 2.75) is 6.42 Å². The highest BCUT2D eigenvalue weighted by atomic mass is 19.1. The standard InChI is InChI=1S/C20H22FN5O2/c1-28-19-12-22-13-24-20(19)26-8-6-25(7-9-26)5-4-18(27)16-11-23-17-3-2-14(21)10-15(16)17/h2-3,10-13,23H,4-9H2,1H3. The molecule has 0 spiro atoms. The number of Topliss-reactive ketones (excluding diaryl/α,β-unsaturated/α-hetero) is 1. The highest BCUT2D eigenvalue weighted by Gasteiger charge is 2.22. The van der Waals surface area contributed by atoms with Crippen LogP contribution in [0.4, 0.5) is 10.2 Å². The lowest BCUT2D eigenvalue weighted by Crippen LogP contribution is -2.47. The van der Waals surface area contributed by atoms with Crippen molar-refractivity contribution in [2.24, 2.45) is 0 Å². The number of H-pyrrole nitrogens is 1. The van der Waals surface area contributed by atoms with Crippen LogP contribution in [0.1, 0.15) is 16.8 Å². The van der Waals surface area contributed by atoms with E-state index in [0.717, 1.165) is 37.5 Å². The Morgan fingerprint density at radius 1 is 1.29 bits per heavy atom. The molecule has 4 rings (SSSR count). The molecule has 8 heteroatoms. The summed E-state index contributed by atoms with van der Waals surface area (Å²) in [4.78, 5) is 28.4. The van der Waals surface area contributed by atoms with Crippen LogP contribution in [-0.4, -0.2) is 65.5 Å². The van der Waals surface area contributed by atoms with Crippen molar-refractivity contribution in [3.8, 4) is 5.75 Å². The molecule has 0 atom stereocenters. The highest BCUT2D eigenvalue weighted by Crippen LogP contribution is 2.25. The first-order valence-corrected chi connectivity index (χ1v) is 9.27. The van der Waals surface area contributed by atoms with Gasteiger partial charge in [-0.1, -0.05) is 0 Å². The van der Waals surface area contributed by atoms with Gasteiger partial charge in [0, 0.05) is 61.8 Å². The number of hydrogen-bond acceptors (Lipinski definition) is 6. The molecule has 1 fully saturated rings. The lowest BCUT2D eigenvalue weighted by atomic mass is 10.1. The summed E-state index contributed by atoms with van der Waals surface area (Å²) in [6.07, 6.45) is 5.26. The Labute approximate surface area is 162 Å². The number of piperazine rings is 1. The average Bonchev–Trinajstić information content (AvgIpc) is 3.15. The second-order valence-electron chi connectivity index (χ2n) is 6.81. The predicted octanol–water partition coefficient (Wildman–Crippen LogP) is 2.50. The zero-order valence-corrected chi connectivity index (χ0v) is 15.7. The van der Waals surface area contributed by atoms with Crippen LogP contribution in [-0.2, 0) is 0 Å². The lowest BCUT2D eigenvalue weighted by molar-refractivity contribution is 0.0964. The zero-order chi connectivity index (χ0) is 19.5. The van der Waals surface area contributed by atoms with Gasteiger partial charge in [-0.3, -0.25) is 9.69 Å². The number of nitrogens with one attached hydrogen (secondary N) is 1. The Kier molecular flexibility index (Phi) is 5.21. The molecule has 1 saturated heterocycles. The number of nitrogens with zero attached hydrogens (tertiary/aromatic N) is 4. The molecule has 0 amide bonds. The minimum Gasteiger partial charge on any atom is -0.491 e. The fourth-order valence-corrected chi connectivity index (χ4v) is 3.59. The van der Waals surface area contributed by atoms with Gasteiger partial charge in [0.25, 0.3) is 0 Å². The van der Waals surface area contributed by atoms with Gasteiger partial charge in [-0.05, 0) is 18.2 Å². The number of methoxy groups -OCH3 is 1. The fourth-order valence-electron chi connectivity index (χ4n) is 3.59. The molecule has 1 aromatic carbocycles. The first-order chi connectivity index (χ1) is 13.7. The van der Waals surface area contributed by atoms with Crippen molar-refractivity contribution in [1.29, 1.82) is 0 Å². The molecule has 1 N–H and O–H groups in total. The predicted molar refractivity (Wildman–Crippen MR) is 104 cm³/mol. The maximum absolute atomic E-state index is 13.5. The van der Waals surface area contributed by atoms with E-state index in [4.69, 9.17) is 4.74 Å². The third-order valence-electron chi connectivity index (χ3n) is 5.15. The lowest BCUT2D eigenvalue weighted by Gasteiger charge is -2.35. The highest BCUT2D eigenvalue weighted by molar-refractivity contribution is 6.07. The second kappa shape index (κ2) is 7.93. The smallest absolute Gasteiger partial charge is 0.179 e. The summed E-state index contributed by atoms with van der Waals surface area (Å²) in [7, 11) is 1.61. The monoisotopic (exact) mass is 383 g/mol. The maximum Gasteiger partial charge on any atom is 0.179 e. The van der Waals surface area contributed by atoms with E-state index in [9.17, 15) is 9.18 Å². The third kappa shape index (κ3) is 3.68. The van der Waals surface area contributed by atoms with Crippen molar-refractivity contribution in [3.05, 3.63) is 48.3 Å². The van der Waals surface area contributed by atoms with Gasteiger partial charge in [0.15, 0.2) is 17.4 Å². The van der Waals surface area contributed by atoms with Gasteiger partial charge in [0.2, 0.25) is 0 Å². The molecule has 3 heterocycles. The molecular weight excluding hydrogens is 361 g/mol.